The summed E-state index contributed by atoms with van der Waals surface area (Å²) in [4.78, 5) is 23.2. The van der Waals surface area contributed by atoms with Gasteiger partial charge >= 0.3 is 5.97 Å². The van der Waals surface area contributed by atoms with Gasteiger partial charge in [-0.1, -0.05) is 11.6 Å². The minimum Gasteiger partial charge on any atom is -0.478 e. The number of hydrogen-bond donors (Lipinski definition) is 2. The van der Waals surface area contributed by atoms with Crippen molar-refractivity contribution < 1.29 is 23.1 Å². The number of benzene rings is 1. The second-order valence-corrected chi connectivity index (χ2v) is 6.23. The van der Waals surface area contributed by atoms with Crippen molar-refractivity contribution in [3.8, 4) is 0 Å². The van der Waals surface area contributed by atoms with Crippen molar-refractivity contribution in [2.75, 3.05) is 20.6 Å². The molecule has 0 heterocycles. The SMILES string of the molecule is CN(C)C(=O)CNS(=O)(=O)c1ccc(Cl)c(C(=O)O)c1. The highest BCUT2D eigenvalue weighted by Crippen LogP contribution is 2.20. The number of sulfonamides is 1. The lowest BCUT2D eigenvalue weighted by Crippen LogP contribution is -2.36. The van der Waals surface area contributed by atoms with Crippen LogP contribution in [0.3, 0.4) is 0 Å². The summed E-state index contributed by atoms with van der Waals surface area (Å²) in [6, 6.07) is 3.28. The van der Waals surface area contributed by atoms with E-state index < -0.39 is 28.4 Å². The highest BCUT2D eigenvalue weighted by molar-refractivity contribution is 7.89. The Morgan fingerprint density at radius 3 is 2.45 bits per heavy atom. The Bertz CT molecular complexity index is 642. The Hall–Kier alpha value is -1.64. The summed E-state index contributed by atoms with van der Waals surface area (Å²) in [5.74, 6) is -1.77. The molecule has 0 aliphatic carbocycles. The highest BCUT2D eigenvalue weighted by atomic mass is 35.5. The van der Waals surface area contributed by atoms with Crippen molar-refractivity contribution in [1.29, 1.82) is 0 Å². The van der Waals surface area contributed by atoms with E-state index in [2.05, 4.69) is 4.72 Å². The van der Waals surface area contributed by atoms with Gasteiger partial charge < -0.3 is 10.0 Å². The van der Waals surface area contributed by atoms with Crippen molar-refractivity contribution >= 4 is 33.5 Å². The molecule has 1 amide bonds. The highest BCUT2D eigenvalue weighted by Gasteiger charge is 2.19. The molecule has 1 rings (SSSR count). The van der Waals surface area contributed by atoms with Crippen molar-refractivity contribution in [2.45, 2.75) is 4.90 Å². The lowest BCUT2D eigenvalue weighted by atomic mass is 10.2. The lowest BCUT2D eigenvalue weighted by molar-refractivity contribution is -0.127. The van der Waals surface area contributed by atoms with Gasteiger partial charge in [-0.25, -0.2) is 17.9 Å². The zero-order valence-corrected chi connectivity index (χ0v) is 12.3. The minimum absolute atomic E-state index is 0.0687. The van der Waals surface area contributed by atoms with Crippen LogP contribution in [0.15, 0.2) is 23.1 Å². The molecule has 0 bridgehead atoms. The number of nitrogens with zero attached hydrogens (tertiary/aromatic N) is 1. The van der Waals surface area contributed by atoms with Crippen molar-refractivity contribution in [1.82, 2.24) is 9.62 Å². The topological polar surface area (TPSA) is 104 Å². The molecule has 110 valence electrons. The summed E-state index contributed by atoms with van der Waals surface area (Å²) in [5.41, 5.74) is -0.325. The normalized spacial score (nSPS) is 11.2. The molecule has 7 nitrogen and oxygen atoms in total. The van der Waals surface area contributed by atoms with E-state index >= 15 is 0 Å². The number of likely N-dealkylation sites (N-methyl/N-ethyl adjacent to an activating group) is 1. The van der Waals surface area contributed by atoms with Crippen molar-refractivity contribution in [3.05, 3.63) is 28.8 Å². The smallest absolute Gasteiger partial charge is 0.337 e. The molecule has 0 fully saturated rings. The number of carboxylic acid groups (broad SMARTS) is 1. The molecule has 20 heavy (non-hydrogen) atoms. The van der Waals surface area contributed by atoms with Gasteiger partial charge in [0.25, 0.3) is 0 Å². The number of amides is 1. The standard InChI is InChI=1S/C11H13ClN2O5S/c1-14(2)10(15)6-13-20(18,19)7-3-4-9(12)8(5-7)11(16)17/h3-5,13H,6H2,1-2H3,(H,16,17). The maximum atomic E-state index is 11.9. The van der Waals surface area contributed by atoms with E-state index in [9.17, 15) is 18.0 Å². The van der Waals surface area contributed by atoms with E-state index in [-0.39, 0.29) is 15.5 Å². The zero-order valence-electron chi connectivity index (χ0n) is 10.8. The fraction of sp³-hybridized carbons (Fsp3) is 0.273. The molecule has 0 aliphatic heterocycles. The Morgan fingerprint density at radius 2 is 1.95 bits per heavy atom. The lowest BCUT2D eigenvalue weighted by Gasteiger charge is -2.11. The van der Waals surface area contributed by atoms with Crippen LogP contribution in [0.5, 0.6) is 0 Å². The van der Waals surface area contributed by atoms with Gasteiger partial charge in [0.1, 0.15) is 0 Å². The summed E-state index contributed by atoms with van der Waals surface area (Å²) in [7, 11) is -1.01. The molecule has 0 unspecified atom stereocenters. The molecule has 0 saturated heterocycles. The van der Waals surface area contributed by atoms with Crippen LogP contribution in [0.25, 0.3) is 0 Å². The first-order chi connectivity index (χ1) is 9.15. The quantitative estimate of drug-likeness (QED) is 0.817. The molecule has 0 saturated carbocycles. The number of aromatic carboxylic acids is 1. The molecular weight excluding hydrogens is 308 g/mol. The molecular formula is C11H13ClN2O5S. The zero-order chi connectivity index (χ0) is 15.5. The van der Waals surface area contributed by atoms with Gasteiger partial charge in [-0.3, -0.25) is 4.79 Å². The molecule has 0 aromatic heterocycles. The molecule has 1 aromatic rings. The summed E-state index contributed by atoms with van der Waals surface area (Å²) in [6.45, 7) is -0.416. The average Bonchev–Trinajstić information content (AvgIpc) is 2.35. The Morgan fingerprint density at radius 1 is 1.35 bits per heavy atom. The van der Waals surface area contributed by atoms with E-state index in [1.54, 1.807) is 0 Å². The van der Waals surface area contributed by atoms with Crippen LogP contribution >= 0.6 is 11.6 Å². The summed E-state index contributed by atoms with van der Waals surface area (Å²) < 4.78 is 25.9. The third-order valence-electron chi connectivity index (χ3n) is 2.39. The van der Waals surface area contributed by atoms with Gasteiger partial charge in [-0.2, -0.15) is 0 Å². The number of carbonyl (C=O) groups excluding carboxylic acids is 1. The molecule has 9 heteroatoms. The summed E-state index contributed by atoms with van der Waals surface area (Å²) in [5, 5.41) is 8.82. The largest absolute Gasteiger partial charge is 0.478 e. The van der Waals surface area contributed by atoms with Gasteiger partial charge in [0.2, 0.25) is 15.9 Å². The van der Waals surface area contributed by atoms with Crippen LogP contribution in [0, 0.1) is 0 Å². The summed E-state index contributed by atoms with van der Waals surface area (Å²) >= 11 is 5.65. The first kappa shape index (κ1) is 16.4. The van der Waals surface area contributed by atoms with E-state index in [1.165, 1.54) is 25.1 Å². The summed E-state index contributed by atoms with van der Waals surface area (Å²) in [6.07, 6.45) is 0. The first-order valence-corrected chi connectivity index (χ1v) is 7.24. The predicted molar refractivity (Wildman–Crippen MR) is 72.3 cm³/mol. The van der Waals surface area contributed by atoms with E-state index in [4.69, 9.17) is 16.7 Å². The van der Waals surface area contributed by atoms with Crippen LogP contribution < -0.4 is 4.72 Å². The van der Waals surface area contributed by atoms with Crippen LogP contribution in [-0.4, -0.2) is 50.9 Å². The van der Waals surface area contributed by atoms with E-state index in [0.29, 0.717) is 0 Å². The third kappa shape index (κ3) is 3.92. The average molecular weight is 321 g/mol. The second kappa shape index (κ2) is 6.21. The van der Waals surface area contributed by atoms with Crippen molar-refractivity contribution in [3.63, 3.8) is 0 Å². The molecule has 0 aliphatic rings. The van der Waals surface area contributed by atoms with Crippen LogP contribution in [0.4, 0.5) is 0 Å². The van der Waals surface area contributed by atoms with Crippen LogP contribution in [-0.2, 0) is 14.8 Å². The van der Waals surface area contributed by atoms with E-state index in [1.807, 2.05) is 0 Å². The maximum absolute atomic E-state index is 11.9. The fourth-order valence-electron chi connectivity index (χ4n) is 1.23. The van der Waals surface area contributed by atoms with Crippen LogP contribution in [0.2, 0.25) is 5.02 Å². The number of halogens is 1. The Labute approximate surface area is 121 Å². The minimum atomic E-state index is -3.98. The predicted octanol–water partition coefficient (Wildman–Crippen LogP) is 0.405. The third-order valence-corrected chi connectivity index (χ3v) is 4.12. The van der Waals surface area contributed by atoms with Gasteiger partial charge in [-0.15, -0.1) is 0 Å². The first-order valence-electron chi connectivity index (χ1n) is 5.38. The molecule has 0 atom stereocenters. The van der Waals surface area contributed by atoms with E-state index in [0.717, 1.165) is 12.1 Å². The number of carbonyl (C=O) groups is 2. The molecule has 2 N–H and O–H groups in total. The number of carboxylic acids is 1. The molecule has 0 radical (unpaired) electrons. The molecule has 0 spiro atoms. The number of nitrogens with one attached hydrogen (secondary N) is 1. The van der Waals surface area contributed by atoms with Crippen molar-refractivity contribution in [2.24, 2.45) is 0 Å². The fourth-order valence-corrected chi connectivity index (χ4v) is 2.43. The van der Waals surface area contributed by atoms with Crippen LogP contribution in [0.1, 0.15) is 10.4 Å². The molecule has 1 aromatic carbocycles. The second-order valence-electron chi connectivity index (χ2n) is 4.06. The monoisotopic (exact) mass is 320 g/mol. The van der Waals surface area contributed by atoms with Gasteiger partial charge in [0, 0.05) is 14.1 Å². The Balaban J connectivity index is 3.02. The maximum Gasteiger partial charge on any atom is 0.337 e. The Kier molecular flexibility index (Phi) is 5.09. The number of hydrogen-bond acceptors (Lipinski definition) is 4. The number of rotatable bonds is 5. The van der Waals surface area contributed by atoms with Gasteiger partial charge in [-0.05, 0) is 18.2 Å². The van der Waals surface area contributed by atoms with Gasteiger partial charge in [0.05, 0.1) is 22.0 Å². The van der Waals surface area contributed by atoms with Gasteiger partial charge in [0.15, 0.2) is 0 Å².